The number of amides is 1. The van der Waals surface area contributed by atoms with E-state index in [2.05, 4.69) is 5.32 Å². The van der Waals surface area contributed by atoms with E-state index in [-0.39, 0.29) is 17.3 Å². The molecule has 0 heterocycles. The van der Waals surface area contributed by atoms with Crippen LogP contribution in [0.4, 0.5) is 5.69 Å². The van der Waals surface area contributed by atoms with Crippen LogP contribution in [0, 0.1) is 6.92 Å². The molecule has 0 saturated heterocycles. The fraction of sp³-hybridized carbons (Fsp3) is 0.208. The van der Waals surface area contributed by atoms with E-state index in [1.54, 1.807) is 48.2 Å². The van der Waals surface area contributed by atoms with Gasteiger partial charge in [0.05, 0.1) is 10.6 Å². The Bertz CT molecular complexity index is 1140. The molecule has 8 heteroatoms. The van der Waals surface area contributed by atoms with E-state index in [0.717, 1.165) is 26.9 Å². The van der Waals surface area contributed by atoms with Gasteiger partial charge in [0.15, 0.2) is 0 Å². The van der Waals surface area contributed by atoms with Crippen molar-refractivity contribution in [1.82, 2.24) is 5.32 Å². The fourth-order valence-electron chi connectivity index (χ4n) is 3.02. The van der Waals surface area contributed by atoms with Gasteiger partial charge in [-0.1, -0.05) is 41.9 Å². The van der Waals surface area contributed by atoms with Crippen molar-refractivity contribution in [3.63, 3.8) is 0 Å². The van der Waals surface area contributed by atoms with Crippen LogP contribution < -0.4 is 9.62 Å². The lowest BCUT2D eigenvalue weighted by Gasteiger charge is -2.24. The number of sulfonamides is 1. The molecule has 0 fully saturated rings. The van der Waals surface area contributed by atoms with Crippen molar-refractivity contribution >= 4 is 45.0 Å². The average Bonchev–Trinajstić information content (AvgIpc) is 2.79. The fourth-order valence-corrected chi connectivity index (χ4v) is 5.44. The minimum atomic E-state index is -3.88. The van der Waals surface area contributed by atoms with Crippen LogP contribution in [0.1, 0.15) is 12.0 Å². The molecule has 0 spiro atoms. The number of halogens is 1. The molecule has 0 saturated carbocycles. The second-order valence-electron chi connectivity index (χ2n) is 7.17. The summed E-state index contributed by atoms with van der Waals surface area (Å²) < 4.78 is 27.7. The van der Waals surface area contributed by atoms with Crippen molar-refractivity contribution in [2.24, 2.45) is 0 Å². The van der Waals surface area contributed by atoms with Gasteiger partial charge in [-0.25, -0.2) is 8.42 Å². The van der Waals surface area contributed by atoms with Gasteiger partial charge in [0.25, 0.3) is 10.0 Å². The van der Waals surface area contributed by atoms with Gasteiger partial charge in [-0.3, -0.25) is 9.10 Å². The number of aryl methyl sites for hydroxylation is 1. The maximum absolute atomic E-state index is 13.3. The quantitative estimate of drug-likeness (QED) is 0.317. The van der Waals surface area contributed by atoms with Gasteiger partial charge >= 0.3 is 0 Å². The molecule has 0 aliphatic rings. The first-order valence-electron chi connectivity index (χ1n) is 10.2. The van der Waals surface area contributed by atoms with Gasteiger partial charge in [0.2, 0.25) is 5.91 Å². The molecule has 5 nitrogen and oxygen atoms in total. The lowest BCUT2D eigenvalue weighted by molar-refractivity contribution is -0.119. The summed E-state index contributed by atoms with van der Waals surface area (Å²) in [5, 5.41) is 3.54. The summed E-state index contributed by atoms with van der Waals surface area (Å²) in [6.07, 6.45) is 0.759. The van der Waals surface area contributed by atoms with Crippen molar-refractivity contribution in [2.45, 2.75) is 23.1 Å². The number of nitrogens with zero attached hydrogens (tertiary/aromatic N) is 1. The van der Waals surface area contributed by atoms with Crippen LogP contribution in [0.25, 0.3) is 0 Å². The van der Waals surface area contributed by atoms with E-state index >= 15 is 0 Å². The Morgan fingerprint density at radius 1 is 1.00 bits per heavy atom. The standard InChI is InChI=1S/C24H25ClN2O3S2/c1-19-7-5-8-21(17-19)27(32(29,30)23-9-3-2-4-10-23)18-24(28)26-15-6-16-31-22-13-11-20(25)12-14-22/h2-5,7-14,17H,6,15-16,18H2,1H3,(H,26,28). The molecule has 168 valence electrons. The molecule has 1 N–H and O–H groups in total. The van der Waals surface area contributed by atoms with Crippen molar-refractivity contribution in [1.29, 1.82) is 0 Å². The van der Waals surface area contributed by atoms with Crippen LogP contribution >= 0.6 is 23.4 Å². The number of thioether (sulfide) groups is 1. The minimum absolute atomic E-state index is 0.147. The van der Waals surface area contributed by atoms with Crippen LogP contribution in [0.15, 0.2) is 88.7 Å². The number of carbonyl (C=O) groups is 1. The molecule has 0 radical (unpaired) electrons. The Morgan fingerprint density at radius 3 is 2.41 bits per heavy atom. The highest BCUT2D eigenvalue weighted by atomic mass is 35.5. The Morgan fingerprint density at radius 2 is 1.72 bits per heavy atom. The summed E-state index contributed by atoms with van der Waals surface area (Å²) >= 11 is 7.57. The zero-order valence-electron chi connectivity index (χ0n) is 17.7. The highest BCUT2D eigenvalue weighted by molar-refractivity contribution is 7.99. The van der Waals surface area contributed by atoms with Crippen LogP contribution in [0.3, 0.4) is 0 Å². The SMILES string of the molecule is Cc1cccc(N(CC(=O)NCCCSc2ccc(Cl)cc2)S(=O)(=O)c2ccccc2)c1. The minimum Gasteiger partial charge on any atom is -0.354 e. The first-order valence-corrected chi connectivity index (χ1v) is 13.0. The van der Waals surface area contributed by atoms with Crippen LogP contribution in [0.5, 0.6) is 0 Å². The van der Waals surface area contributed by atoms with Gasteiger partial charge < -0.3 is 5.32 Å². The summed E-state index contributed by atoms with van der Waals surface area (Å²) in [6.45, 7) is 2.06. The summed E-state index contributed by atoms with van der Waals surface area (Å²) in [6, 6.07) is 22.9. The summed E-state index contributed by atoms with van der Waals surface area (Å²) in [5.74, 6) is 0.480. The first-order chi connectivity index (χ1) is 15.4. The average molecular weight is 489 g/mol. The van der Waals surface area contributed by atoms with Gasteiger partial charge in [-0.05, 0) is 73.2 Å². The number of carbonyl (C=O) groups excluding carboxylic acids is 1. The van der Waals surface area contributed by atoms with Gasteiger partial charge in [0.1, 0.15) is 6.54 Å². The molecule has 0 atom stereocenters. The van der Waals surface area contributed by atoms with E-state index in [4.69, 9.17) is 11.6 Å². The number of hydrogen-bond donors (Lipinski definition) is 1. The summed E-state index contributed by atoms with van der Waals surface area (Å²) in [7, 11) is -3.88. The van der Waals surface area contributed by atoms with Crippen LogP contribution in [-0.4, -0.2) is 33.2 Å². The second kappa shape index (κ2) is 11.4. The molecule has 0 bridgehead atoms. The number of nitrogens with one attached hydrogen (secondary N) is 1. The normalized spacial score (nSPS) is 11.2. The lowest BCUT2D eigenvalue weighted by atomic mass is 10.2. The molecule has 3 rings (SSSR count). The Hall–Kier alpha value is -2.48. The molecular formula is C24H25ClN2O3S2. The van der Waals surface area contributed by atoms with E-state index in [1.807, 2.05) is 37.3 Å². The van der Waals surface area contributed by atoms with Gasteiger partial charge in [-0.2, -0.15) is 0 Å². The zero-order valence-corrected chi connectivity index (χ0v) is 20.1. The van der Waals surface area contributed by atoms with Crippen molar-refractivity contribution in [3.05, 3.63) is 89.4 Å². The smallest absolute Gasteiger partial charge is 0.264 e. The van der Waals surface area contributed by atoms with Crippen LogP contribution in [-0.2, 0) is 14.8 Å². The number of rotatable bonds is 10. The monoisotopic (exact) mass is 488 g/mol. The second-order valence-corrected chi connectivity index (χ2v) is 10.6. The van der Waals surface area contributed by atoms with Gasteiger partial charge in [-0.15, -0.1) is 11.8 Å². The van der Waals surface area contributed by atoms with E-state index < -0.39 is 10.0 Å². The topological polar surface area (TPSA) is 66.5 Å². The Kier molecular flexibility index (Phi) is 8.61. The largest absolute Gasteiger partial charge is 0.354 e. The molecule has 32 heavy (non-hydrogen) atoms. The molecular weight excluding hydrogens is 464 g/mol. The van der Waals surface area contributed by atoms with Crippen molar-refractivity contribution in [3.8, 4) is 0 Å². The molecule has 0 aliphatic heterocycles. The Labute approximate surface area is 198 Å². The van der Waals surface area contributed by atoms with E-state index in [9.17, 15) is 13.2 Å². The molecule has 1 amide bonds. The highest BCUT2D eigenvalue weighted by Crippen LogP contribution is 2.24. The van der Waals surface area contributed by atoms with Crippen LogP contribution in [0.2, 0.25) is 5.02 Å². The molecule has 3 aromatic carbocycles. The molecule has 0 aromatic heterocycles. The van der Waals surface area contributed by atoms with E-state index in [0.29, 0.717) is 17.3 Å². The van der Waals surface area contributed by atoms with Gasteiger partial charge in [0, 0.05) is 16.5 Å². The zero-order chi connectivity index (χ0) is 23.0. The Balaban J connectivity index is 1.62. The predicted molar refractivity (Wildman–Crippen MR) is 132 cm³/mol. The third-order valence-corrected chi connectivity index (χ3v) is 7.77. The first kappa shape index (κ1) is 24.2. The molecule has 0 aliphatic carbocycles. The maximum Gasteiger partial charge on any atom is 0.264 e. The summed E-state index contributed by atoms with van der Waals surface area (Å²) in [5.41, 5.74) is 1.37. The predicted octanol–water partition coefficient (Wildman–Crippen LogP) is 5.14. The summed E-state index contributed by atoms with van der Waals surface area (Å²) in [4.78, 5) is 13.9. The van der Waals surface area contributed by atoms with Crippen molar-refractivity contribution in [2.75, 3.05) is 23.1 Å². The number of benzene rings is 3. The number of hydrogen-bond acceptors (Lipinski definition) is 4. The number of anilines is 1. The lowest BCUT2D eigenvalue weighted by Crippen LogP contribution is -2.41. The van der Waals surface area contributed by atoms with Crippen molar-refractivity contribution < 1.29 is 13.2 Å². The third kappa shape index (κ3) is 6.76. The van der Waals surface area contributed by atoms with E-state index in [1.165, 1.54) is 12.1 Å². The highest BCUT2D eigenvalue weighted by Gasteiger charge is 2.27. The molecule has 3 aromatic rings. The maximum atomic E-state index is 13.3. The third-order valence-electron chi connectivity index (χ3n) is 4.63. The molecule has 0 unspecified atom stereocenters.